The molecule has 0 N–H and O–H groups in total. The zero-order valence-corrected chi connectivity index (χ0v) is 18.5. The number of imidazole rings is 1. The fourth-order valence-electron chi connectivity index (χ4n) is 3.94. The molecule has 0 aliphatic carbocycles. The van der Waals surface area contributed by atoms with Crippen LogP contribution in [0.15, 0.2) is 71.8 Å². The first-order valence-electron chi connectivity index (χ1n) is 11.0. The molecule has 0 bridgehead atoms. The summed E-state index contributed by atoms with van der Waals surface area (Å²) in [5, 5.41) is 3.83. The van der Waals surface area contributed by atoms with Crippen molar-refractivity contribution < 1.29 is 22.5 Å². The van der Waals surface area contributed by atoms with Crippen LogP contribution in [0.2, 0.25) is 0 Å². The van der Waals surface area contributed by atoms with E-state index < -0.39 is 11.7 Å². The Morgan fingerprint density at radius 1 is 1.03 bits per heavy atom. The van der Waals surface area contributed by atoms with Gasteiger partial charge in [-0.2, -0.15) is 18.2 Å². The first-order valence-corrected chi connectivity index (χ1v) is 11.0. The topological polar surface area (TPSA) is 80.3 Å². The summed E-state index contributed by atoms with van der Waals surface area (Å²) < 4.78 is 46.0. The lowest BCUT2D eigenvalue weighted by atomic mass is 10.1. The van der Waals surface area contributed by atoms with E-state index in [1.165, 1.54) is 12.1 Å². The Labute approximate surface area is 198 Å². The molecule has 1 amide bonds. The molecular weight excluding hydrogens is 461 g/mol. The van der Waals surface area contributed by atoms with E-state index in [4.69, 9.17) is 4.52 Å². The largest absolute Gasteiger partial charge is 0.416 e. The molecule has 0 unspecified atom stereocenters. The molecule has 11 heteroatoms. The molecule has 3 heterocycles. The summed E-state index contributed by atoms with van der Waals surface area (Å²) in [4.78, 5) is 25.0. The van der Waals surface area contributed by atoms with Gasteiger partial charge in [0.1, 0.15) is 0 Å². The average molecular weight is 482 g/mol. The van der Waals surface area contributed by atoms with Crippen LogP contribution in [-0.4, -0.2) is 61.6 Å². The van der Waals surface area contributed by atoms with E-state index in [9.17, 15) is 18.0 Å². The molecule has 4 aromatic rings. The van der Waals surface area contributed by atoms with Gasteiger partial charge in [-0.15, -0.1) is 0 Å². The highest BCUT2D eigenvalue weighted by molar-refractivity contribution is 5.94. The molecule has 8 nitrogen and oxygen atoms in total. The summed E-state index contributed by atoms with van der Waals surface area (Å²) in [5.74, 6) is 0.387. The minimum Gasteiger partial charge on any atom is -0.338 e. The summed E-state index contributed by atoms with van der Waals surface area (Å²) in [7, 11) is 0. The Hall–Kier alpha value is -3.99. The molecule has 5 rings (SSSR count). The Morgan fingerprint density at radius 3 is 2.49 bits per heavy atom. The van der Waals surface area contributed by atoms with Crippen LogP contribution >= 0.6 is 0 Å². The van der Waals surface area contributed by atoms with Gasteiger partial charge in [0.15, 0.2) is 0 Å². The monoisotopic (exact) mass is 482 g/mol. The predicted molar refractivity (Wildman–Crippen MR) is 119 cm³/mol. The van der Waals surface area contributed by atoms with E-state index in [0.717, 1.165) is 17.8 Å². The number of piperazine rings is 1. The first kappa shape index (κ1) is 22.8. The Morgan fingerprint density at radius 2 is 1.80 bits per heavy atom. The molecule has 0 atom stereocenters. The lowest BCUT2D eigenvalue weighted by Crippen LogP contribution is -2.48. The van der Waals surface area contributed by atoms with Crippen molar-refractivity contribution in [2.24, 2.45) is 0 Å². The van der Waals surface area contributed by atoms with E-state index in [0.29, 0.717) is 44.2 Å². The van der Waals surface area contributed by atoms with Crippen LogP contribution < -0.4 is 0 Å². The number of hydrogen-bond acceptors (Lipinski definition) is 6. The quantitative estimate of drug-likeness (QED) is 0.429. The molecule has 1 aliphatic heterocycles. The lowest BCUT2D eigenvalue weighted by Gasteiger charge is -2.34. The Balaban J connectivity index is 1.17. The van der Waals surface area contributed by atoms with Crippen LogP contribution in [0.5, 0.6) is 0 Å². The molecule has 2 aromatic heterocycles. The lowest BCUT2D eigenvalue weighted by molar-refractivity contribution is -0.137. The molecule has 0 saturated carbocycles. The van der Waals surface area contributed by atoms with Crippen molar-refractivity contribution in [3.63, 3.8) is 0 Å². The molecule has 1 fully saturated rings. The highest BCUT2D eigenvalue weighted by Gasteiger charge is 2.31. The van der Waals surface area contributed by atoms with Crippen LogP contribution in [0.4, 0.5) is 13.2 Å². The highest BCUT2D eigenvalue weighted by Crippen LogP contribution is 2.31. The first-order chi connectivity index (χ1) is 16.9. The smallest absolute Gasteiger partial charge is 0.338 e. The normalized spacial score (nSPS) is 14.9. The third-order valence-corrected chi connectivity index (χ3v) is 5.85. The third-order valence-electron chi connectivity index (χ3n) is 5.85. The van der Waals surface area contributed by atoms with Crippen molar-refractivity contribution in [2.45, 2.75) is 12.7 Å². The molecule has 0 spiro atoms. The number of hydrogen-bond donors (Lipinski definition) is 0. The van der Waals surface area contributed by atoms with E-state index in [1.54, 1.807) is 29.6 Å². The highest BCUT2D eigenvalue weighted by atomic mass is 19.4. The van der Waals surface area contributed by atoms with Crippen molar-refractivity contribution in [1.29, 1.82) is 0 Å². The second-order valence-electron chi connectivity index (χ2n) is 8.18. The maximum absolute atomic E-state index is 13.0. The van der Waals surface area contributed by atoms with E-state index in [2.05, 4.69) is 20.0 Å². The van der Waals surface area contributed by atoms with Gasteiger partial charge < -0.3 is 14.0 Å². The van der Waals surface area contributed by atoms with Gasteiger partial charge >= 0.3 is 6.18 Å². The molecule has 0 radical (unpaired) electrons. The maximum atomic E-state index is 13.0. The van der Waals surface area contributed by atoms with Crippen LogP contribution in [0.25, 0.3) is 17.1 Å². The molecule has 35 heavy (non-hydrogen) atoms. The van der Waals surface area contributed by atoms with Crippen molar-refractivity contribution in [1.82, 2.24) is 29.5 Å². The number of rotatable bonds is 5. The number of alkyl halides is 3. The van der Waals surface area contributed by atoms with Crippen molar-refractivity contribution in [3.8, 4) is 17.1 Å². The fourth-order valence-corrected chi connectivity index (χ4v) is 3.94. The van der Waals surface area contributed by atoms with Gasteiger partial charge in [-0.25, -0.2) is 4.98 Å². The van der Waals surface area contributed by atoms with E-state index in [1.807, 2.05) is 22.9 Å². The average Bonchev–Trinajstić information content (AvgIpc) is 3.57. The summed E-state index contributed by atoms with van der Waals surface area (Å²) in [6, 6.07) is 12.2. The second kappa shape index (κ2) is 9.34. The number of aromatic nitrogens is 4. The molecule has 1 saturated heterocycles. The van der Waals surface area contributed by atoms with Crippen molar-refractivity contribution >= 4 is 5.91 Å². The number of benzene rings is 2. The van der Waals surface area contributed by atoms with E-state index >= 15 is 0 Å². The summed E-state index contributed by atoms with van der Waals surface area (Å²) in [6.45, 7) is 2.65. The minimum atomic E-state index is -4.44. The maximum Gasteiger partial charge on any atom is 0.416 e. The zero-order valence-electron chi connectivity index (χ0n) is 18.5. The van der Waals surface area contributed by atoms with Crippen LogP contribution in [0.3, 0.4) is 0 Å². The molecule has 180 valence electrons. The van der Waals surface area contributed by atoms with Crippen LogP contribution in [0.1, 0.15) is 21.8 Å². The second-order valence-corrected chi connectivity index (χ2v) is 8.18. The van der Waals surface area contributed by atoms with Gasteiger partial charge in [0.2, 0.25) is 11.7 Å². The SMILES string of the molecule is O=C(c1ccc(-n2ccnc2)cc1)N1CCN(Cc2nc(-c3cccc(C(F)(F)F)c3)no2)CC1. The molecule has 2 aromatic carbocycles. The summed E-state index contributed by atoms with van der Waals surface area (Å²) in [5.41, 5.74) is 1.01. The fraction of sp³-hybridized carbons (Fsp3) is 0.250. The molecule has 1 aliphatic rings. The van der Waals surface area contributed by atoms with Crippen molar-refractivity contribution in [3.05, 3.63) is 84.3 Å². The minimum absolute atomic E-state index is 0.0357. The summed E-state index contributed by atoms with van der Waals surface area (Å²) >= 11 is 0. The van der Waals surface area contributed by atoms with Gasteiger partial charge in [-0.05, 0) is 36.4 Å². The van der Waals surface area contributed by atoms with Gasteiger partial charge in [0.25, 0.3) is 5.91 Å². The van der Waals surface area contributed by atoms with Gasteiger partial charge in [0, 0.05) is 55.4 Å². The van der Waals surface area contributed by atoms with E-state index in [-0.39, 0.29) is 17.3 Å². The summed E-state index contributed by atoms with van der Waals surface area (Å²) in [6.07, 6.45) is 0.783. The zero-order chi connectivity index (χ0) is 24.4. The molecular formula is C24H21F3N6O2. The number of nitrogens with zero attached hydrogens (tertiary/aromatic N) is 6. The number of carbonyl (C=O) groups excluding carboxylic acids is 1. The van der Waals surface area contributed by atoms with Crippen LogP contribution in [0, 0.1) is 0 Å². The Bertz CT molecular complexity index is 1290. The third kappa shape index (κ3) is 5.09. The van der Waals surface area contributed by atoms with Gasteiger partial charge in [-0.1, -0.05) is 17.3 Å². The number of carbonyl (C=O) groups is 1. The number of halogens is 3. The van der Waals surface area contributed by atoms with Crippen molar-refractivity contribution in [2.75, 3.05) is 26.2 Å². The van der Waals surface area contributed by atoms with Gasteiger partial charge in [0.05, 0.1) is 18.4 Å². The number of amides is 1. The van der Waals surface area contributed by atoms with Crippen LogP contribution in [-0.2, 0) is 12.7 Å². The van der Waals surface area contributed by atoms with Gasteiger partial charge in [-0.3, -0.25) is 9.69 Å². The predicted octanol–water partition coefficient (Wildman–Crippen LogP) is 3.90. The Kier molecular flexibility index (Phi) is 6.08. The standard InChI is InChI=1S/C24H21F3N6O2/c25-24(26,27)19-3-1-2-18(14-19)22-29-21(35-30-22)15-31-10-12-32(13-11-31)23(34)17-4-6-20(7-5-17)33-9-8-28-16-33/h1-9,14,16H,10-13,15H2.